The van der Waals surface area contributed by atoms with E-state index in [-0.39, 0.29) is 24.8 Å². The van der Waals surface area contributed by atoms with E-state index in [1.807, 2.05) is 43.9 Å². The quantitative estimate of drug-likeness (QED) is 0.774. The molecule has 0 aliphatic rings. The van der Waals surface area contributed by atoms with Gasteiger partial charge in [0.1, 0.15) is 0 Å². The van der Waals surface area contributed by atoms with Gasteiger partial charge in [-0.15, -0.1) is 0 Å². The van der Waals surface area contributed by atoms with Crippen molar-refractivity contribution in [3.05, 3.63) is 34.9 Å². The summed E-state index contributed by atoms with van der Waals surface area (Å²) in [4.78, 5) is 25.6. The lowest BCUT2D eigenvalue weighted by Crippen LogP contribution is -2.39. The van der Waals surface area contributed by atoms with Gasteiger partial charge in [-0.1, -0.05) is 19.1 Å². The van der Waals surface area contributed by atoms with Crippen molar-refractivity contribution in [2.75, 3.05) is 26.7 Å². The van der Waals surface area contributed by atoms with Crippen LogP contribution in [0.4, 0.5) is 0 Å². The molecule has 0 spiro atoms. The predicted octanol–water partition coefficient (Wildman–Crippen LogP) is 1.94. The Labute approximate surface area is 121 Å². The Hall–Kier alpha value is -1.68. The summed E-state index contributed by atoms with van der Waals surface area (Å²) in [5, 5.41) is 2.59. The van der Waals surface area contributed by atoms with Crippen LogP contribution in [-0.4, -0.2) is 43.3 Å². The van der Waals surface area contributed by atoms with Crippen molar-refractivity contribution in [1.29, 1.82) is 0 Å². The fourth-order valence-corrected chi connectivity index (χ4v) is 2.02. The van der Waals surface area contributed by atoms with Crippen LogP contribution in [0.1, 0.15) is 34.8 Å². The van der Waals surface area contributed by atoms with Crippen LogP contribution in [-0.2, 0) is 4.79 Å². The number of rotatable bonds is 7. The Balaban J connectivity index is 2.74. The van der Waals surface area contributed by atoms with E-state index in [2.05, 4.69) is 5.32 Å². The molecule has 4 nitrogen and oxygen atoms in total. The number of nitrogens with zero attached hydrogens (tertiary/aromatic N) is 1. The molecule has 1 rings (SSSR count). The van der Waals surface area contributed by atoms with E-state index in [0.717, 1.165) is 18.5 Å². The third kappa shape index (κ3) is 4.78. The minimum absolute atomic E-state index is 0.0606. The largest absolute Gasteiger partial charge is 0.358 e. The number of Topliss-reactive ketones (excluding diaryl/α,β-unsaturated/α-hetero) is 1. The molecule has 0 bridgehead atoms. The monoisotopic (exact) mass is 276 g/mol. The Morgan fingerprint density at radius 1 is 1.15 bits per heavy atom. The van der Waals surface area contributed by atoms with Crippen LogP contribution in [0.15, 0.2) is 18.2 Å². The first-order chi connectivity index (χ1) is 9.47. The number of benzene rings is 1. The van der Waals surface area contributed by atoms with Gasteiger partial charge in [0.05, 0.1) is 13.1 Å². The highest BCUT2D eigenvalue weighted by Gasteiger charge is 2.15. The van der Waals surface area contributed by atoms with Crippen molar-refractivity contribution < 1.29 is 9.59 Å². The highest BCUT2D eigenvalue weighted by molar-refractivity contribution is 5.98. The number of hydrogen-bond acceptors (Lipinski definition) is 3. The van der Waals surface area contributed by atoms with Crippen molar-refractivity contribution in [2.24, 2.45) is 0 Å². The lowest BCUT2D eigenvalue weighted by atomic mass is 10.0. The Morgan fingerprint density at radius 2 is 1.85 bits per heavy atom. The van der Waals surface area contributed by atoms with E-state index in [1.165, 1.54) is 5.56 Å². The zero-order valence-corrected chi connectivity index (χ0v) is 12.8. The normalized spacial score (nSPS) is 10.7. The second kappa shape index (κ2) is 7.80. The molecular formula is C16H24N2O2. The predicted molar refractivity (Wildman–Crippen MR) is 81.0 cm³/mol. The van der Waals surface area contributed by atoms with Gasteiger partial charge < -0.3 is 5.32 Å². The summed E-state index contributed by atoms with van der Waals surface area (Å²) in [5.74, 6) is -0.00297. The number of nitrogens with one attached hydrogen (secondary N) is 1. The third-order valence-electron chi connectivity index (χ3n) is 3.38. The van der Waals surface area contributed by atoms with Crippen LogP contribution in [0.25, 0.3) is 0 Å². The molecule has 0 aromatic heterocycles. The summed E-state index contributed by atoms with van der Waals surface area (Å²) >= 11 is 0. The van der Waals surface area contributed by atoms with Crippen molar-refractivity contribution in [1.82, 2.24) is 10.2 Å². The first kappa shape index (κ1) is 16.4. The van der Waals surface area contributed by atoms with Gasteiger partial charge >= 0.3 is 0 Å². The molecule has 4 heteroatoms. The average molecular weight is 276 g/mol. The SMILES string of the molecule is CCCN(CC(=O)NC)CC(=O)c1ccc(C)c(C)c1. The maximum Gasteiger partial charge on any atom is 0.233 e. The van der Waals surface area contributed by atoms with E-state index >= 15 is 0 Å². The summed E-state index contributed by atoms with van der Waals surface area (Å²) in [6.07, 6.45) is 0.914. The van der Waals surface area contributed by atoms with Gasteiger partial charge in [0.25, 0.3) is 0 Å². The van der Waals surface area contributed by atoms with Crippen LogP contribution in [0.3, 0.4) is 0 Å². The van der Waals surface area contributed by atoms with E-state index < -0.39 is 0 Å². The van der Waals surface area contributed by atoms with Gasteiger partial charge in [0, 0.05) is 12.6 Å². The molecule has 1 aromatic carbocycles. The van der Waals surface area contributed by atoms with Crippen molar-refractivity contribution in [3.8, 4) is 0 Å². The standard InChI is InChI=1S/C16H24N2O2/c1-5-8-18(11-16(20)17-4)10-15(19)14-7-6-12(2)13(3)9-14/h6-7,9H,5,8,10-11H2,1-4H3,(H,17,20). The smallest absolute Gasteiger partial charge is 0.233 e. The molecule has 0 aliphatic carbocycles. The molecule has 110 valence electrons. The van der Waals surface area contributed by atoms with Crippen molar-refractivity contribution >= 4 is 11.7 Å². The van der Waals surface area contributed by atoms with Crippen molar-refractivity contribution in [3.63, 3.8) is 0 Å². The van der Waals surface area contributed by atoms with Crippen molar-refractivity contribution in [2.45, 2.75) is 27.2 Å². The summed E-state index contributed by atoms with van der Waals surface area (Å²) in [7, 11) is 1.61. The van der Waals surface area contributed by atoms with Crippen LogP contribution >= 0.6 is 0 Å². The molecule has 20 heavy (non-hydrogen) atoms. The Kier molecular flexibility index (Phi) is 6.39. The van der Waals surface area contributed by atoms with Gasteiger partial charge in [0.15, 0.2) is 5.78 Å². The Bertz CT molecular complexity index is 483. The summed E-state index contributed by atoms with van der Waals surface area (Å²) in [6, 6.07) is 5.74. The lowest BCUT2D eigenvalue weighted by molar-refractivity contribution is -0.121. The number of likely N-dealkylation sites (N-methyl/N-ethyl adjacent to an activating group) is 1. The highest BCUT2D eigenvalue weighted by atomic mass is 16.2. The Morgan fingerprint density at radius 3 is 2.40 bits per heavy atom. The molecular weight excluding hydrogens is 252 g/mol. The van der Waals surface area contributed by atoms with Crippen LogP contribution in [0.5, 0.6) is 0 Å². The molecule has 0 unspecified atom stereocenters. The number of amides is 1. The highest BCUT2D eigenvalue weighted by Crippen LogP contribution is 2.11. The molecule has 0 heterocycles. The molecule has 0 fully saturated rings. The molecule has 0 aliphatic heterocycles. The molecule has 0 saturated carbocycles. The second-order valence-electron chi connectivity index (χ2n) is 5.11. The molecule has 1 amide bonds. The fourth-order valence-electron chi connectivity index (χ4n) is 2.02. The number of hydrogen-bond donors (Lipinski definition) is 1. The van der Waals surface area contributed by atoms with Gasteiger partial charge in [0.2, 0.25) is 5.91 Å². The number of carbonyl (C=O) groups is 2. The van der Waals surface area contributed by atoms with Gasteiger partial charge in [-0.2, -0.15) is 0 Å². The average Bonchev–Trinajstić information content (AvgIpc) is 2.41. The first-order valence-electron chi connectivity index (χ1n) is 7.01. The molecule has 1 N–H and O–H groups in total. The molecule has 0 atom stereocenters. The van der Waals surface area contributed by atoms with Gasteiger partial charge in [-0.3, -0.25) is 14.5 Å². The lowest BCUT2D eigenvalue weighted by Gasteiger charge is -2.20. The van der Waals surface area contributed by atoms with Crippen LogP contribution in [0, 0.1) is 13.8 Å². The third-order valence-corrected chi connectivity index (χ3v) is 3.38. The van der Waals surface area contributed by atoms with E-state index in [4.69, 9.17) is 0 Å². The maximum absolute atomic E-state index is 12.3. The van der Waals surface area contributed by atoms with Crippen LogP contribution in [0.2, 0.25) is 0 Å². The van der Waals surface area contributed by atoms with Gasteiger partial charge in [-0.25, -0.2) is 0 Å². The van der Waals surface area contributed by atoms with Gasteiger partial charge in [-0.05, 0) is 44.0 Å². The number of aryl methyl sites for hydroxylation is 2. The van der Waals surface area contributed by atoms with E-state index in [9.17, 15) is 9.59 Å². The van der Waals surface area contributed by atoms with E-state index in [0.29, 0.717) is 5.56 Å². The summed E-state index contributed by atoms with van der Waals surface area (Å²) < 4.78 is 0. The van der Waals surface area contributed by atoms with E-state index in [1.54, 1.807) is 7.05 Å². The zero-order valence-electron chi connectivity index (χ0n) is 12.8. The molecule has 1 aromatic rings. The minimum atomic E-state index is -0.0636. The summed E-state index contributed by atoms with van der Waals surface area (Å²) in [5.41, 5.74) is 3.01. The fraction of sp³-hybridized carbons (Fsp3) is 0.500. The molecule has 0 radical (unpaired) electrons. The second-order valence-corrected chi connectivity index (χ2v) is 5.11. The van der Waals surface area contributed by atoms with Crippen LogP contribution < -0.4 is 5.32 Å². The topological polar surface area (TPSA) is 49.4 Å². The first-order valence-corrected chi connectivity index (χ1v) is 7.01. The minimum Gasteiger partial charge on any atom is -0.358 e. The summed E-state index contributed by atoms with van der Waals surface area (Å²) in [6.45, 7) is 7.35. The maximum atomic E-state index is 12.3. The number of ketones is 1. The zero-order chi connectivity index (χ0) is 15.1. The number of carbonyl (C=O) groups excluding carboxylic acids is 2. The molecule has 0 saturated heterocycles.